The summed E-state index contributed by atoms with van der Waals surface area (Å²) < 4.78 is 0. The highest BCUT2D eigenvalue weighted by molar-refractivity contribution is 6.32. The first-order valence-corrected chi connectivity index (χ1v) is 41.2. The van der Waals surface area contributed by atoms with Gasteiger partial charge in [0.2, 0.25) is 0 Å². The third-order valence-electron chi connectivity index (χ3n) is 24.6. The molecule has 0 radical (unpaired) electrons. The molecule has 8 heterocycles. The lowest BCUT2D eigenvalue weighted by atomic mass is 9.81. The van der Waals surface area contributed by atoms with E-state index in [1.54, 1.807) is 0 Å². The van der Waals surface area contributed by atoms with E-state index < -0.39 is 0 Å². The van der Waals surface area contributed by atoms with Crippen LogP contribution in [0.3, 0.4) is 0 Å². The first-order chi connectivity index (χ1) is 52.1. The Morgan fingerprint density at radius 3 is 0.584 bits per heavy atom. The van der Waals surface area contributed by atoms with Crippen LogP contribution in [-0.4, -0.2) is 29.9 Å². The molecule has 0 amide bonds. The fourth-order valence-electron chi connectivity index (χ4n) is 17.6. The first-order valence-electron chi connectivity index (χ1n) is 40.4. The standard InChI is InChI=1S/C53H57N3.C51H51Cl2N3.CH4/c1-28-15-44-38-21-30(50(3,4)5)19-34-35-20-31(51(6,7)8)22-39(37(35)27-36(34)38)45-16-29(2)18-47(55-45)43-26-33(53(12,13)14)24-41-40-23-32(52(9,10)11)25-42(46(17-28)54-44)48(40)56-49(41)43;1-48(2,3)26-13-32-33-14-27(49(4,5)6)16-37-35(33)25-34(32)36(15-26)42-21-30(52)23-44(54-42)40-19-28(50(7,8)9)17-38-39-18-29(51(10,11)12)20-41(47(39)56-46(38)40)45-24-31(53)22-43(37)55-45;/h15-26,56H,27H2,1-14H3;13-24,56H,25H2,1-12H3;1H4. The Morgan fingerprint density at radius 1 is 0.221 bits per heavy atom. The van der Waals surface area contributed by atoms with E-state index in [1.807, 2.05) is 12.1 Å². The van der Waals surface area contributed by atoms with E-state index in [0.717, 1.165) is 125 Å². The number of rotatable bonds is 0. The third kappa shape index (κ3) is 13.4. The van der Waals surface area contributed by atoms with Crippen molar-refractivity contribution in [3.63, 3.8) is 0 Å². The van der Waals surface area contributed by atoms with Crippen LogP contribution in [0, 0.1) is 13.8 Å². The zero-order chi connectivity index (χ0) is 80.0. The van der Waals surface area contributed by atoms with Crippen LogP contribution in [0.2, 0.25) is 10.0 Å². The van der Waals surface area contributed by atoms with Crippen LogP contribution in [0.5, 0.6) is 0 Å². The zero-order valence-corrected chi connectivity index (χ0v) is 72.3. The molecule has 0 atom stereocenters. The van der Waals surface area contributed by atoms with Crippen molar-refractivity contribution in [2.24, 2.45) is 0 Å². The number of hydrogen-bond acceptors (Lipinski definition) is 4. The van der Waals surface area contributed by atoms with Crippen molar-refractivity contribution in [2.75, 3.05) is 0 Å². The van der Waals surface area contributed by atoms with Crippen LogP contribution in [0.15, 0.2) is 146 Å². The van der Waals surface area contributed by atoms with Crippen LogP contribution in [0.4, 0.5) is 0 Å². The van der Waals surface area contributed by atoms with Gasteiger partial charge in [-0.2, -0.15) is 0 Å². The molecule has 0 spiro atoms. The molecular weight excluding hydrogens is 1420 g/mol. The lowest BCUT2D eigenvalue weighted by molar-refractivity contribution is 0.589. The fourth-order valence-corrected chi connectivity index (χ4v) is 18.0. The molecule has 2 N–H and O–H groups in total. The average Bonchev–Trinajstić information content (AvgIpc) is 1.48. The number of pyridine rings is 4. The van der Waals surface area contributed by atoms with Crippen molar-refractivity contribution in [3.05, 3.63) is 234 Å². The van der Waals surface area contributed by atoms with Crippen LogP contribution >= 0.6 is 23.2 Å². The summed E-state index contributed by atoms with van der Waals surface area (Å²) in [5.41, 5.74) is 43.4. The topological polar surface area (TPSA) is 83.1 Å². The van der Waals surface area contributed by atoms with E-state index in [9.17, 15) is 0 Å². The maximum atomic E-state index is 7.19. The number of halogens is 2. The number of aromatic amines is 2. The van der Waals surface area contributed by atoms with Crippen LogP contribution in [0.25, 0.3) is 156 Å². The van der Waals surface area contributed by atoms with Crippen molar-refractivity contribution >= 4 is 66.8 Å². The minimum Gasteiger partial charge on any atom is -0.353 e. The minimum atomic E-state index is -0.114. The Morgan fingerprint density at radius 2 is 0.381 bits per heavy atom. The Balaban J connectivity index is 0.000000169. The highest BCUT2D eigenvalue weighted by Gasteiger charge is 2.36. The van der Waals surface area contributed by atoms with E-state index in [1.165, 1.54) is 122 Å². The Labute approximate surface area is 681 Å². The second-order valence-electron chi connectivity index (χ2n) is 41.5. The van der Waals surface area contributed by atoms with E-state index >= 15 is 0 Å². The van der Waals surface area contributed by atoms with E-state index in [-0.39, 0.29) is 50.7 Å². The monoisotopic (exact) mass is 1530 g/mol. The summed E-state index contributed by atoms with van der Waals surface area (Å²) in [6, 6.07) is 55.7. The molecule has 0 unspecified atom stereocenters. The van der Waals surface area contributed by atoms with Gasteiger partial charge in [-0.05, 0) is 279 Å². The van der Waals surface area contributed by atoms with Crippen LogP contribution < -0.4 is 0 Å². The molecule has 8 heteroatoms. The second kappa shape index (κ2) is 25.8. The van der Waals surface area contributed by atoms with E-state index in [4.69, 9.17) is 43.1 Å². The number of nitrogens with one attached hydrogen (secondary N) is 2. The Bertz CT molecular complexity index is 5650. The molecule has 18 rings (SSSR count). The molecule has 576 valence electrons. The fraction of sp³-hybridized carbons (Fsp3) is 0.352. The average molecular weight is 1530 g/mol. The highest BCUT2D eigenvalue weighted by atomic mass is 35.5. The van der Waals surface area contributed by atoms with Crippen LogP contribution in [0.1, 0.15) is 251 Å². The summed E-state index contributed by atoms with van der Waals surface area (Å²) in [7, 11) is 0. The molecule has 14 aromatic rings. The molecule has 6 aromatic heterocycles. The van der Waals surface area contributed by atoms with Gasteiger partial charge < -0.3 is 9.97 Å². The maximum Gasteiger partial charge on any atom is 0.0745 e. The smallest absolute Gasteiger partial charge is 0.0745 e. The maximum absolute atomic E-state index is 7.19. The van der Waals surface area contributed by atoms with Gasteiger partial charge in [-0.15, -0.1) is 0 Å². The van der Waals surface area contributed by atoms with Crippen LogP contribution in [-0.2, 0) is 56.2 Å². The van der Waals surface area contributed by atoms with Gasteiger partial charge in [0.05, 0.1) is 67.6 Å². The summed E-state index contributed by atoms with van der Waals surface area (Å²) in [5.74, 6) is 0. The summed E-state index contributed by atoms with van der Waals surface area (Å²) in [6.07, 6.45) is 1.59. The lowest BCUT2D eigenvalue weighted by Gasteiger charge is -2.24. The SMILES string of the molecule is C.CC(C)(C)c1cc2c3c(c1)-c1cc(C(C)(C)C)cc(c1C3)-c1cc(Cl)cc(n1)-c1cc(C(C)(C)C)cc3c1[nH]c1c(cc(C(C)(C)C)cc13)-c1cc(Cl)cc-2n1.Cc1cc2nc(c1)-c1cc(C(C)(C)C)cc3c1[nH]c1c(cc(C(C)(C)C)cc13)-c1cc(C)cc(n1)-c1cc(C(C)(C)C)cc3c1Cc1c-2cc(C(C)(C)C)cc1-3. The molecule has 2 aliphatic heterocycles. The minimum absolute atomic E-state index is 0. The number of nitrogens with zero attached hydrogens (tertiary/aromatic N) is 4. The lowest BCUT2D eigenvalue weighted by Crippen LogP contribution is -2.12. The molecule has 6 nitrogen and oxygen atoms in total. The third-order valence-corrected chi connectivity index (χ3v) is 25.0. The van der Waals surface area contributed by atoms with Crippen molar-refractivity contribution in [1.29, 1.82) is 0 Å². The molecular formula is C105H112Cl2N6. The zero-order valence-electron chi connectivity index (χ0n) is 70.8. The van der Waals surface area contributed by atoms with Crippen molar-refractivity contribution in [3.8, 4) is 112 Å². The molecule has 8 aromatic carbocycles. The Kier molecular flexibility index (Phi) is 17.7. The van der Waals surface area contributed by atoms with Gasteiger partial charge in [-0.3, -0.25) is 0 Å². The molecule has 4 aliphatic rings. The number of hydrogen-bond donors (Lipinski definition) is 2. The number of fused-ring (bicyclic) bond motifs is 20. The molecule has 0 saturated heterocycles. The predicted molar refractivity (Wildman–Crippen MR) is 486 cm³/mol. The van der Waals surface area contributed by atoms with Gasteiger partial charge in [0.25, 0.3) is 0 Å². The molecule has 0 fully saturated rings. The summed E-state index contributed by atoms with van der Waals surface area (Å²) in [5, 5.41) is 6.13. The van der Waals surface area contributed by atoms with Crippen molar-refractivity contribution in [2.45, 2.75) is 244 Å². The first kappa shape index (κ1) is 77.5. The van der Waals surface area contributed by atoms with Gasteiger partial charge in [0.1, 0.15) is 0 Å². The van der Waals surface area contributed by atoms with Gasteiger partial charge in [-0.25, -0.2) is 19.9 Å². The van der Waals surface area contributed by atoms with Gasteiger partial charge in [-0.1, -0.05) is 221 Å². The number of H-pyrrole nitrogens is 2. The largest absolute Gasteiger partial charge is 0.353 e. The van der Waals surface area contributed by atoms with Gasteiger partial charge in [0, 0.05) is 88.9 Å². The Hall–Kier alpha value is -9.46. The molecule has 0 saturated carbocycles. The molecule has 2 aliphatic carbocycles. The number of aryl methyl sites for hydroxylation is 2. The quantitative estimate of drug-likeness (QED) is 0.158. The molecule has 113 heavy (non-hydrogen) atoms. The predicted octanol–water partition coefficient (Wildman–Crippen LogP) is 30.3. The number of aromatic nitrogens is 6. The van der Waals surface area contributed by atoms with Gasteiger partial charge in [0.15, 0.2) is 0 Å². The number of benzene rings is 8. The second-order valence-corrected chi connectivity index (χ2v) is 42.4. The summed E-state index contributed by atoms with van der Waals surface area (Å²) in [6.45, 7) is 59.8. The molecule has 16 bridgehead atoms. The highest BCUT2D eigenvalue weighted by Crippen LogP contribution is 2.54. The van der Waals surface area contributed by atoms with E-state index in [2.05, 4.69) is 323 Å². The summed E-state index contributed by atoms with van der Waals surface area (Å²) >= 11 is 14.4. The van der Waals surface area contributed by atoms with Crippen molar-refractivity contribution < 1.29 is 0 Å². The van der Waals surface area contributed by atoms with Crippen molar-refractivity contribution in [1.82, 2.24) is 29.9 Å². The van der Waals surface area contributed by atoms with E-state index in [0.29, 0.717) is 10.0 Å². The summed E-state index contributed by atoms with van der Waals surface area (Å²) in [4.78, 5) is 30.5. The van der Waals surface area contributed by atoms with Gasteiger partial charge >= 0.3 is 0 Å². The normalized spacial score (nSPS) is 13.7.